The third kappa shape index (κ3) is 4.67. The number of aromatic nitrogens is 3. The largest absolute Gasteiger partial charge is 0.352 e. The number of aryl methyl sites for hydroxylation is 1. The molecule has 0 radical (unpaired) electrons. The minimum Gasteiger partial charge on any atom is -0.352 e. The molecule has 0 saturated carbocycles. The summed E-state index contributed by atoms with van der Waals surface area (Å²) in [4.78, 5) is 14.7. The lowest BCUT2D eigenvalue weighted by atomic mass is 10.1. The second-order valence-electron chi connectivity index (χ2n) is 9.32. The molecule has 182 valence electrons. The summed E-state index contributed by atoms with van der Waals surface area (Å²) >= 11 is 2.00. The normalized spacial score (nSPS) is 16.3. The SMILES string of the molecule is Cc1ccc(Nc2cc3nc4c(n(-c5ccc(F)cc5)c-3c/c2=N\C2CCSCC2)=CCCC=4)cn1. The first kappa shape index (κ1) is 23.0. The second kappa shape index (κ2) is 9.90. The van der Waals surface area contributed by atoms with Gasteiger partial charge in [0, 0.05) is 11.4 Å². The number of pyridine rings is 1. The molecule has 1 saturated heterocycles. The molecule has 2 aliphatic carbocycles. The predicted molar refractivity (Wildman–Crippen MR) is 146 cm³/mol. The molecule has 2 aliphatic heterocycles. The van der Waals surface area contributed by atoms with E-state index in [-0.39, 0.29) is 5.82 Å². The van der Waals surface area contributed by atoms with Gasteiger partial charge in [0.2, 0.25) is 0 Å². The van der Waals surface area contributed by atoms with Crippen LogP contribution >= 0.6 is 11.8 Å². The van der Waals surface area contributed by atoms with Gasteiger partial charge >= 0.3 is 0 Å². The van der Waals surface area contributed by atoms with E-state index in [1.54, 1.807) is 0 Å². The van der Waals surface area contributed by atoms with E-state index >= 15 is 0 Å². The standard InChI is InChI=1S/C29H28FN5S/c1-19-6-9-22(18-31-19)33-25-16-27-29(17-26(25)32-21-12-14-36-15-13-21)35(23-10-7-20(30)8-11-23)28-5-3-2-4-24(28)34-27/h4-11,16-18,21,33H,2-3,12-15H2,1H3/b32-26+. The molecule has 36 heavy (non-hydrogen) atoms. The lowest BCUT2D eigenvalue weighted by molar-refractivity contribution is 0.613. The quantitative estimate of drug-likeness (QED) is 0.444. The molecule has 0 amide bonds. The fourth-order valence-electron chi connectivity index (χ4n) is 4.84. The first-order valence-electron chi connectivity index (χ1n) is 12.5. The number of thioether (sulfide) groups is 1. The van der Waals surface area contributed by atoms with Crippen molar-refractivity contribution in [1.29, 1.82) is 0 Å². The Labute approximate surface area is 213 Å². The Balaban J connectivity index is 1.61. The molecule has 6 rings (SSSR count). The maximum absolute atomic E-state index is 13.8. The molecule has 0 spiro atoms. The van der Waals surface area contributed by atoms with E-state index in [0.29, 0.717) is 6.04 Å². The van der Waals surface area contributed by atoms with Crippen LogP contribution < -0.4 is 21.4 Å². The van der Waals surface area contributed by atoms with Crippen LogP contribution in [0.4, 0.5) is 15.8 Å². The zero-order valence-electron chi connectivity index (χ0n) is 20.2. The van der Waals surface area contributed by atoms with Crippen molar-refractivity contribution in [2.45, 2.75) is 38.6 Å². The number of nitrogens with zero attached hydrogens (tertiary/aromatic N) is 4. The zero-order chi connectivity index (χ0) is 24.5. The summed E-state index contributed by atoms with van der Waals surface area (Å²) in [6.07, 6.45) is 10.3. The summed E-state index contributed by atoms with van der Waals surface area (Å²) in [7, 11) is 0. The smallest absolute Gasteiger partial charge is 0.123 e. The lowest BCUT2D eigenvalue weighted by Gasteiger charge is -2.21. The van der Waals surface area contributed by atoms with Gasteiger partial charge in [0.1, 0.15) is 5.82 Å². The van der Waals surface area contributed by atoms with Crippen molar-refractivity contribution in [3.05, 3.63) is 82.3 Å². The van der Waals surface area contributed by atoms with Crippen LogP contribution in [0.15, 0.2) is 59.7 Å². The molecule has 1 fully saturated rings. The fourth-order valence-corrected chi connectivity index (χ4v) is 5.92. The number of anilines is 2. The zero-order valence-corrected chi connectivity index (χ0v) is 21.1. The monoisotopic (exact) mass is 497 g/mol. The molecular formula is C29H28FN5S. The van der Waals surface area contributed by atoms with E-state index in [2.05, 4.69) is 39.2 Å². The lowest BCUT2D eigenvalue weighted by Crippen LogP contribution is -2.40. The summed E-state index contributed by atoms with van der Waals surface area (Å²) < 4.78 is 16.0. The summed E-state index contributed by atoms with van der Waals surface area (Å²) in [5, 5.41) is 6.46. The van der Waals surface area contributed by atoms with Crippen molar-refractivity contribution >= 4 is 35.3 Å². The van der Waals surface area contributed by atoms with Gasteiger partial charge in [-0.25, -0.2) is 9.37 Å². The topological polar surface area (TPSA) is 55.1 Å². The molecular weight excluding hydrogens is 469 g/mol. The minimum absolute atomic E-state index is 0.244. The first-order valence-corrected chi connectivity index (χ1v) is 13.6. The third-order valence-corrected chi connectivity index (χ3v) is 7.76. The Morgan fingerprint density at radius 3 is 2.61 bits per heavy atom. The van der Waals surface area contributed by atoms with Gasteiger partial charge in [-0.15, -0.1) is 0 Å². The van der Waals surface area contributed by atoms with Crippen LogP contribution in [0.1, 0.15) is 31.4 Å². The molecule has 4 aliphatic rings. The van der Waals surface area contributed by atoms with Gasteiger partial charge in [-0.2, -0.15) is 11.8 Å². The highest BCUT2D eigenvalue weighted by molar-refractivity contribution is 7.99. The summed E-state index contributed by atoms with van der Waals surface area (Å²) in [5.74, 6) is 2.04. The molecule has 1 aromatic carbocycles. The van der Waals surface area contributed by atoms with Gasteiger partial charge in [-0.1, -0.05) is 12.2 Å². The Hall–Kier alpha value is -3.45. The third-order valence-electron chi connectivity index (χ3n) is 6.71. The molecule has 1 aromatic heterocycles. The minimum atomic E-state index is -0.244. The predicted octanol–water partition coefficient (Wildman–Crippen LogP) is 4.71. The van der Waals surface area contributed by atoms with Crippen LogP contribution in [0.5, 0.6) is 0 Å². The molecule has 0 bridgehead atoms. The second-order valence-corrected chi connectivity index (χ2v) is 10.5. The van der Waals surface area contributed by atoms with Crippen LogP contribution in [0.2, 0.25) is 0 Å². The summed E-state index contributed by atoms with van der Waals surface area (Å²) in [6.45, 7) is 1.98. The molecule has 7 heteroatoms. The van der Waals surface area contributed by atoms with Gasteiger partial charge in [0.25, 0.3) is 0 Å². The number of rotatable bonds is 4. The average Bonchev–Trinajstić information content (AvgIpc) is 2.90. The molecule has 2 aromatic rings. The molecule has 1 N–H and O–H groups in total. The van der Waals surface area contributed by atoms with E-state index in [9.17, 15) is 4.39 Å². The molecule has 5 nitrogen and oxygen atoms in total. The van der Waals surface area contributed by atoms with Crippen molar-refractivity contribution < 1.29 is 4.39 Å². The van der Waals surface area contributed by atoms with E-state index < -0.39 is 0 Å². The van der Waals surface area contributed by atoms with Crippen molar-refractivity contribution in [2.24, 2.45) is 4.99 Å². The van der Waals surface area contributed by atoms with Crippen molar-refractivity contribution in [2.75, 3.05) is 16.8 Å². The highest BCUT2D eigenvalue weighted by atomic mass is 32.2. The maximum Gasteiger partial charge on any atom is 0.123 e. The molecule has 0 unspecified atom stereocenters. The van der Waals surface area contributed by atoms with E-state index in [0.717, 1.165) is 87.4 Å². The van der Waals surface area contributed by atoms with Crippen LogP contribution in [0.3, 0.4) is 0 Å². The summed E-state index contributed by atoms with van der Waals surface area (Å²) in [5.41, 5.74) is 5.55. The highest BCUT2D eigenvalue weighted by Gasteiger charge is 2.18. The number of halogens is 1. The van der Waals surface area contributed by atoms with Crippen molar-refractivity contribution in [1.82, 2.24) is 14.5 Å². The Morgan fingerprint density at radius 2 is 1.83 bits per heavy atom. The van der Waals surface area contributed by atoms with Gasteiger partial charge in [-0.3, -0.25) is 9.98 Å². The highest BCUT2D eigenvalue weighted by Crippen LogP contribution is 2.25. The van der Waals surface area contributed by atoms with Crippen molar-refractivity contribution in [3.63, 3.8) is 0 Å². The Bertz CT molecular complexity index is 1550. The van der Waals surface area contributed by atoms with E-state index in [4.69, 9.17) is 9.98 Å². The van der Waals surface area contributed by atoms with Crippen LogP contribution in [-0.2, 0) is 0 Å². The average molecular weight is 498 g/mol. The van der Waals surface area contributed by atoms with E-state index in [1.165, 1.54) is 12.1 Å². The fraction of sp³-hybridized carbons (Fsp3) is 0.276. The van der Waals surface area contributed by atoms with Gasteiger partial charge in [0.15, 0.2) is 0 Å². The number of fused-ring (bicyclic) bond motifs is 2. The van der Waals surface area contributed by atoms with Crippen LogP contribution in [0, 0.1) is 12.7 Å². The molecule has 0 atom stereocenters. The van der Waals surface area contributed by atoms with Gasteiger partial charge in [-0.05, 0) is 92.6 Å². The Morgan fingerprint density at radius 1 is 1.03 bits per heavy atom. The van der Waals surface area contributed by atoms with Crippen molar-refractivity contribution in [3.8, 4) is 17.1 Å². The first-order chi connectivity index (χ1) is 17.6. The Kier molecular flexibility index (Phi) is 6.32. The summed E-state index contributed by atoms with van der Waals surface area (Å²) in [6, 6.07) is 15.3. The number of hydrogen-bond donors (Lipinski definition) is 1. The molecule has 3 heterocycles. The van der Waals surface area contributed by atoms with Gasteiger partial charge < -0.3 is 9.88 Å². The number of nitrogens with one attached hydrogen (secondary N) is 1. The number of benzene rings is 2. The van der Waals surface area contributed by atoms with Gasteiger partial charge in [0.05, 0.1) is 51.1 Å². The van der Waals surface area contributed by atoms with Crippen LogP contribution in [0.25, 0.3) is 29.2 Å². The number of hydrogen-bond acceptors (Lipinski definition) is 5. The maximum atomic E-state index is 13.8. The van der Waals surface area contributed by atoms with Crippen LogP contribution in [-0.4, -0.2) is 32.1 Å². The van der Waals surface area contributed by atoms with E-state index in [1.807, 2.05) is 49.1 Å².